The van der Waals surface area contributed by atoms with Crippen LogP contribution in [-0.2, 0) is 11.3 Å². The van der Waals surface area contributed by atoms with Crippen LogP contribution in [0.2, 0.25) is 0 Å². The molecular weight excluding hydrogens is 218 g/mol. The van der Waals surface area contributed by atoms with Gasteiger partial charge in [0.05, 0.1) is 0 Å². The molecule has 1 fully saturated rings. The number of hydrogen-bond donors (Lipinski definition) is 2. The first-order valence-electron chi connectivity index (χ1n) is 5.65. The molecular formula is C12H17N3O2. The van der Waals surface area contributed by atoms with Crippen molar-refractivity contribution < 1.29 is 9.90 Å². The number of carboxylic acids is 1. The number of likely N-dealkylation sites (tertiary alicyclic amines) is 1. The second kappa shape index (κ2) is 4.43. The molecule has 5 heteroatoms. The molecule has 0 aliphatic carbocycles. The number of aromatic nitrogens is 1. The summed E-state index contributed by atoms with van der Waals surface area (Å²) in [4.78, 5) is 17.2. The quantitative estimate of drug-likeness (QED) is 0.791. The molecule has 0 aromatic carbocycles. The van der Waals surface area contributed by atoms with E-state index in [1.54, 1.807) is 6.20 Å². The fourth-order valence-electron chi connectivity index (χ4n) is 2.13. The van der Waals surface area contributed by atoms with Crippen LogP contribution in [0.4, 0.5) is 0 Å². The fourth-order valence-corrected chi connectivity index (χ4v) is 2.13. The molecule has 1 aliphatic rings. The van der Waals surface area contributed by atoms with Crippen LogP contribution in [0, 0.1) is 6.92 Å². The molecule has 1 aromatic rings. The maximum atomic E-state index is 11.0. The highest BCUT2D eigenvalue weighted by Gasteiger charge is 2.41. The number of rotatable bonds is 3. The van der Waals surface area contributed by atoms with E-state index in [2.05, 4.69) is 9.88 Å². The highest BCUT2D eigenvalue weighted by Crippen LogP contribution is 2.21. The Morgan fingerprint density at radius 1 is 1.71 bits per heavy atom. The zero-order chi connectivity index (χ0) is 12.5. The zero-order valence-electron chi connectivity index (χ0n) is 9.89. The third kappa shape index (κ3) is 2.45. The third-order valence-electron chi connectivity index (χ3n) is 3.35. The summed E-state index contributed by atoms with van der Waals surface area (Å²) >= 11 is 0. The van der Waals surface area contributed by atoms with E-state index in [1.165, 1.54) is 5.56 Å². The van der Waals surface area contributed by atoms with E-state index in [-0.39, 0.29) is 0 Å². The number of aliphatic carboxylic acids is 1. The summed E-state index contributed by atoms with van der Waals surface area (Å²) in [7, 11) is 0. The van der Waals surface area contributed by atoms with E-state index in [0.29, 0.717) is 19.5 Å². The Hall–Kier alpha value is -1.46. The number of carboxylic acid groups (broad SMARTS) is 1. The van der Waals surface area contributed by atoms with Crippen molar-refractivity contribution in [2.24, 2.45) is 5.73 Å². The largest absolute Gasteiger partial charge is 0.480 e. The maximum Gasteiger partial charge on any atom is 0.325 e. The van der Waals surface area contributed by atoms with E-state index in [0.717, 1.165) is 12.1 Å². The van der Waals surface area contributed by atoms with Gasteiger partial charge in [-0.3, -0.25) is 14.7 Å². The van der Waals surface area contributed by atoms with Gasteiger partial charge in [0.1, 0.15) is 5.54 Å². The molecule has 3 N–H and O–H groups in total. The van der Waals surface area contributed by atoms with Crippen molar-refractivity contribution in [3.8, 4) is 0 Å². The van der Waals surface area contributed by atoms with Gasteiger partial charge in [0.25, 0.3) is 0 Å². The van der Waals surface area contributed by atoms with Gasteiger partial charge in [0.2, 0.25) is 0 Å². The van der Waals surface area contributed by atoms with E-state index in [4.69, 9.17) is 10.8 Å². The lowest BCUT2D eigenvalue weighted by molar-refractivity contribution is -0.142. The standard InChI is InChI=1S/C12H17N3O2/c1-9-2-4-14-6-10(9)7-15-5-3-12(13,8-15)11(16)17/h2,4,6H,3,5,7-8,13H2,1H3,(H,16,17). The van der Waals surface area contributed by atoms with Gasteiger partial charge in [0, 0.05) is 32.0 Å². The van der Waals surface area contributed by atoms with Crippen molar-refractivity contribution in [3.63, 3.8) is 0 Å². The number of aryl methyl sites for hydroxylation is 1. The molecule has 2 heterocycles. The molecule has 0 saturated carbocycles. The minimum absolute atomic E-state index is 0.399. The summed E-state index contributed by atoms with van der Waals surface area (Å²) in [5, 5.41) is 9.05. The molecule has 2 rings (SSSR count). The summed E-state index contributed by atoms with van der Waals surface area (Å²) in [5.74, 6) is -0.914. The van der Waals surface area contributed by atoms with Gasteiger partial charge in [0.15, 0.2) is 0 Å². The van der Waals surface area contributed by atoms with E-state index >= 15 is 0 Å². The second-order valence-electron chi connectivity index (χ2n) is 4.72. The molecule has 0 radical (unpaired) electrons. The Bertz CT molecular complexity index is 436. The third-order valence-corrected chi connectivity index (χ3v) is 3.35. The smallest absolute Gasteiger partial charge is 0.325 e. The van der Waals surface area contributed by atoms with Crippen LogP contribution in [0.15, 0.2) is 18.5 Å². The maximum absolute atomic E-state index is 11.0. The molecule has 17 heavy (non-hydrogen) atoms. The molecule has 1 atom stereocenters. The fraction of sp³-hybridized carbons (Fsp3) is 0.500. The van der Waals surface area contributed by atoms with Crippen molar-refractivity contribution in [1.82, 2.24) is 9.88 Å². The Morgan fingerprint density at radius 3 is 3.06 bits per heavy atom. The normalized spacial score (nSPS) is 25.1. The van der Waals surface area contributed by atoms with Crippen molar-refractivity contribution in [2.75, 3.05) is 13.1 Å². The van der Waals surface area contributed by atoms with Gasteiger partial charge in [-0.05, 0) is 30.5 Å². The van der Waals surface area contributed by atoms with Crippen LogP contribution in [-0.4, -0.2) is 39.6 Å². The van der Waals surface area contributed by atoms with Gasteiger partial charge >= 0.3 is 5.97 Å². The molecule has 1 aromatic heterocycles. The highest BCUT2D eigenvalue weighted by atomic mass is 16.4. The average molecular weight is 235 g/mol. The highest BCUT2D eigenvalue weighted by molar-refractivity contribution is 5.79. The molecule has 0 bridgehead atoms. The summed E-state index contributed by atoms with van der Waals surface area (Å²) in [6, 6.07) is 1.96. The zero-order valence-corrected chi connectivity index (χ0v) is 9.89. The molecule has 1 aliphatic heterocycles. The predicted molar refractivity (Wildman–Crippen MR) is 63.4 cm³/mol. The molecule has 0 spiro atoms. The van der Waals surface area contributed by atoms with Crippen LogP contribution in [0.5, 0.6) is 0 Å². The van der Waals surface area contributed by atoms with Crippen LogP contribution < -0.4 is 5.73 Å². The Morgan fingerprint density at radius 2 is 2.47 bits per heavy atom. The number of nitrogens with zero attached hydrogens (tertiary/aromatic N) is 2. The number of hydrogen-bond acceptors (Lipinski definition) is 4. The second-order valence-corrected chi connectivity index (χ2v) is 4.72. The Labute approximate surface area is 100 Å². The average Bonchev–Trinajstić information content (AvgIpc) is 2.65. The summed E-state index contributed by atoms with van der Waals surface area (Å²) in [6.45, 7) is 3.86. The van der Waals surface area contributed by atoms with Crippen LogP contribution in [0.1, 0.15) is 17.5 Å². The van der Waals surface area contributed by atoms with Gasteiger partial charge in [-0.15, -0.1) is 0 Å². The van der Waals surface area contributed by atoms with Crippen LogP contribution in [0.25, 0.3) is 0 Å². The summed E-state index contributed by atoms with van der Waals surface area (Å²) in [5.41, 5.74) is 7.04. The molecule has 5 nitrogen and oxygen atoms in total. The van der Waals surface area contributed by atoms with E-state index < -0.39 is 11.5 Å². The molecule has 0 amide bonds. The monoisotopic (exact) mass is 235 g/mol. The van der Waals surface area contributed by atoms with Crippen molar-refractivity contribution >= 4 is 5.97 Å². The first-order valence-corrected chi connectivity index (χ1v) is 5.65. The predicted octanol–water partition coefficient (Wildman–Crippen LogP) is 0.378. The molecule has 92 valence electrons. The summed E-state index contributed by atoms with van der Waals surface area (Å²) < 4.78 is 0. The van der Waals surface area contributed by atoms with E-state index in [9.17, 15) is 4.79 Å². The minimum atomic E-state index is -1.09. The van der Waals surface area contributed by atoms with Crippen molar-refractivity contribution in [2.45, 2.75) is 25.4 Å². The number of carbonyl (C=O) groups is 1. The van der Waals surface area contributed by atoms with E-state index in [1.807, 2.05) is 19.2 Å². The summed E-state index contributed by atoms with van der Waals surface area (Å²) in [6.07, 6.45) is 4.08. The first kappa shape index (κ1) is 12.0. The molecule has 1 unspecified atom stereocenters. The van der Waals surface area contributed by atoms with Crippen molar-refractivity contribution in [1.29, 1.82) is 0 Å². The number of nitrogens with two attached hydrogens (primary N) is 1. The van der Waals surface area contributed by atoms with Crippen LogP contribution in [0.3, 0.4) is 0 Å². The Balaban J connectivity index is 2.04. The lowest BCUT2D eigenvalue weighted by atomic mass is 10.0. The topological polar surface area (TPSA) is 79.5 Å². The van der Waals surface area contributed by atoms with Gasteiger partial charge in [-0.2, -0.15) is 0 Å². The first-order chi connectivity index (χ1) is 8.01. The molecule has 1 saturated heterocycles. The Kier molecular flexibility index (Phi) is 3.13. The SMILES string of the molecule is Cc1ccncc1CN1CCC(N)(C(=O)O)C1. The number of pyridine rings is 1. The van der Waals surface area contributed by atoms with Gasteiger partial charge in [-0.1, -0.05) is 0 Å². The van der Waals surface area contributed by atoms with Crippen molar-refractivity contribution in [3.05, 3.63) is 29.6 Å². The lowest BCUT2D eigenvalue weighted by Crippen LogP contribution is -2.50. The van der Waals surface area contributed by atoms with Gasteiger partial charge < -0.3 is 10.8 Å². The van der Waals surface area contributed by atoms with Gasteiger partial charge in [-0.25, -0.2) is 0 Å². The lowest BCUT2D eigenvalue weighted by Gasteiger charge is -2.20. The van der Waals surface area contributed by atoms with Crippen LogP contribution >= 0.6 is 0 Å². The minimum Gasteiger partial charge on any atom is -0.480 e.